The van der Waals surface area contributed by atoms with Gasteiger partial charge in [-0.25, -0.2) is 0 Å². The number of nitrogens with zero attached hydrogens (tertiary/aromatic N) is 2. The third-order valence-electron chi connectivity index (χ3n) is 3.78. The molecule has 0 amide bonds. The van der Waals surface area contributed by atoms with Crippen LogP contribution in [0.3, 0.4) is 0 Å². The van der Waals surface area contributed by atoms with E-state index < -0.39 is 0 Å². The quantitative estimate of drug-likeness (QED) is 0.699. The van der Waals surface area contributed by atoms with Crippen LogP contribution in [0.25, 0.3) is 0 Å². The van der Waals surface area contributed by atoms with E-state index in [4.69, 9.17) is 4.74 Å². The highest BCUT2D eigenvalue weighted by atomic mass is 16.5. The molecule has 0 bridgehead atoms. The molecule has 0 aliphatic rings. The van der Waals surface area contributed by atoms with Gasteiger partial charge in [0.05, 0.1) is 0 Å². The second kappa shape index (κ2) is 8.30. The van der Waals surface area contributed by atoms with Gasteiger partial charge < -0.3 is 4.74 Å². The van der Waals surface area contributed by atoms with Crippen LogP contribution in [0.5, 0.6) is 5.75 Å². The van der Waals surface area contributed by atoms with Crippen LogP contribution in [-0.2, 0) is 6.61 Å². The first-order chi connectivity index (χ1) is 12.6. The van der Waals surface area contributed by atoms with Crippen LogP contribution in [0.15, 0.2) is 84.0 Å². The predicted octanol–water partition coefficient (Wildman–Crippen LogP) is 4.06. The smallest absolute Gasteiger partial charge is 0.263 e. The number of pyridine rings is 1. The van der Waals surface area contributed by atoms with E-state index in [1.165, 1.54) is 0 Å². The van der Waals surface area contributed by atoms with Gasteiger partial charge in [0.15, 0.2) is 0 Å². The average Bonchev–Trinajstić information content (AvgIpc) is 2.67. The Morgan fingerprint density at radius 3 is 2.54 bits per heavy atom. The van der Waals surface area contributed by atoms with E-state index in [0.717, 1.165) is 5.56 Å². The van der Waals surface area contributed by atoms with Gasteiger partial charge in [0.2, 0.25) is 0 Å². The summed E-state index contributed by atoms with van der Waals surface area (Å²) in [6.45, 7) is 4.44. The molecule has 1 aromatic heterocycles. The predicted molar refractivity (Wildman–Crippen MR) is 102 cm³/mol. The molecule has 0 unspecified atom stereocenters. The van der Waals surface area contributed by atoms with Gasteiger partial charge in [0.25, 0.3) is 5.91 Å². The zero-order chi connectivity index (χ0) is 18.4. The summed E-state index contributed by atoms with van der Waals surface area (Å²) in [6.07, 6.45) is 1.74. The van der Waals surface area contributed by atoms with E-state index >= 15 is 0 Å². The molecule has 0 N–H and O–H groups in total. The molecule has 3 rings (SSSR count). The summed E-state index contributed by atoms with van der Waals surface area (Å²) in [5.41, 5.74) is 2.29. The number of aromatic nitrogens is 1. The van der Waals surface area contributed by atoms with Crippen LogP contribution in [-0.4, -0.2) is 16.5 Å². The summed E-state index contributed by atoms with van der Waals surface area (Å²) in [6, 6.07) is 22.8. The number of carbonyl (C=O) groups excluding carboxylic acids is 1. The van der Waals surface area contributed by atoms with Gasteiger partial charge >= 0.3 is 0 Å². The van der Waals surface area contributed by atoms with Crippen LogP contribution >= 0.6 is 0 Å². The lowest BCUT2D eigenvalue weighted by atomic mass is 10.2. The maximum Gasteiger partial charge on any atom is 0.263 e. The molecule has 0 saturated heterocycles. The first-order valence-electron chi connectivity index (χ1n) is 8.66. The molecule has 0 fully saturated rings. The fourth-order valence-corrected chi connectivity index (χ4v) is 2.57. The molecule has 0 radical (unpaired) electrons. The zero-order valence-electron chi connectivity index (χ0n) is 15.0. The number of hydrogen-bond donors (Lipinski definition) is 0. The Kier molecular flexibility index (Phi) is 5.64. The average molecular weight is 346 g/mol. The number of benzene rings is 2. The summed E-state index contributed by atoms with van der Waals surface area (Å²) in [5.74, 6) is 0.536. The van der Waals surface area contributed by atoms with Crippen LogP contribution < -0.4 is 10.2 Å². The van der Waals surface area contributed by atoms with E-state index in [2.05, 4.69) is 4.99 Å². The van der Waals surface area contributed by atoms with Gasteiger partial charge in [0, 0.05) is 17.8 Å². The van der Waals surface area contributed by atoms with Crippen LogP contribution in [0.4, 0.5) is 0 Å². The summed E-state index contributed by atoms with van der Waals surface area (Å²) >= 11 is 0. The van der Waals surface area contributed by atoms with Crippen molar-refractivity contribution in [2.24, 2.45) is 4.99 Å². The number of rotatable bonds is 5. The SMILES string of the molecule is CC(C)N=c1ccccn1C(=O)c1cccc(OCc2ccccc2)c1. The Morgan fingerprint density at radius 1 is 1.00 bits per heavy atom. The van der Waals surface area contributed by atoms with Crippen molar-refractivity contribution in [1.29, 1.82) is 0 Å². The molecule has 3 aromatic rings. The van der Waals surface area contributed by atoms with Crippen molar-refractivity contribution in [3.63, 3.8) is 0 Å². The molecule has 2 aromatic carbocycles. The van der Waals surface area contributed by atoms with Gasteiger partial charge in [-0.3, -0.25) is 14.4 Å². The highest BCUT2D eigenvalue weighted by Crippen LogP contribution is 2.16. The maximum absolute atomic E-state index is 12.9. The van der Waals surface area contributed by atoms with Crippen LogP contribution in [0.2, 0.25) is 0 Å². The normalized spacial score (nSPS) is 11.6. The number of hydrogen-bond acceptors (Lipinski definition) is 3. The van der Waals surface area contributed by atoms with E-state index in [1.807, 2.05) is 74.5 Å². The molecule has 0 saturated carbocycles. The van der Waals surface area contributed by atoms with Crippen molar-refractivity contribution in [2.75, 3.05) is 0 Å². The minimum atomic E-state index is -0.129. The van der Waals surface area contributed by atoms with Crippen molar-refractivity contribution >= 4 is 5.91 Å². The lowest BCUT2D eigenvalue weighted by molar-refractivity contribution is 0.0954. The fourth-order valence-electron chi connectivity index (χ4n) is 2.57. The van der Waals surface area contributed by atoms with Crippen molar-refractivity contribution in [3.05, 3.63) is 95.6 Å². The lowest BCUT2D eigenvalue weighted by Gasteiger charge is -2.10. The summed E-state index contributed by atoms with van der Waals surface area (Å²) < 4.78 is 7.39. The van der Waals surface area contributed by atoms with Gasteiger partial charge in [-0.2, -0.15) is 0 Å². The monoisotopic (exact) mass is 346 g/mol. The molecule has 132 valence electrons. The minimum Gasteiger partial charge on any atom is -0.489 e. The summed E-state index contributed by atoms with van der Waals surface area (Å²) in [5, 5.41) is 0. The zero-order valence-corrected chi connectivity index (χ0v) is 15.0. The topological polar surface area (TPSA) is 43.6 Å². The van der Waals surface area contributed by atoms with E-state index in [1.54, 1.807) is 22.9 Å². The third-order valence-corrected chi connectivity index (χ3v) is 3.78. The molecule has 0 spiro atoms. The largest absolute Gasteiger partial charge is 0.489 e. The summed E-state index contributed by atoms with van der Waals surface area (Å²) in [4.78, 5) is 17.4. The molecule has 1 heterocycles. The van der Waals surface area contributed by atoms with Crippen molar-refractivity contribution in [3.8, 4) is 5.75 Å². The summed E-state index contributed by atoms with van der Waals surface area (Å²) in [7, 11) is 0. The van der Waals surface area contributed by atoms with Gasteiger partial charge in [-0.1, -0.05) is 42.5 Å². The molecule has 0 atom stereocenters. The first-order valence-corrected chi connectivity index (χ1v) is 8.66. The Hall–Kier alpha value is -3.14. The van der Waals surface area contributed by atoms with Crippen molar-refractivity contribution in [1.82, 2.24) is 4.57 Å². The van der Waals surface area contributed by atoms with Gasteiger partial charge in [-0.15, -0.1) is 0 Å². The minimum absolute atomic E-state index is 0.108. The van der Waals surface area contributed by atoms with Crippen molar-refractivity contribution in [2.45, 2.75) is 26.5 Å². The molecular weight excluding hydrogens is 324 g/mol. The highest BCUT2D eigenvalue weighted by Gasteiger charge is 2.10. The third kappa shape index (κ3) is 4.48. The van der Waals surface area contributed by atoms with Gasteiger partial charge in [0.1, 0.15) is 17.8 Å². The van der Waals surface area contributed by atoms with Crippen LogP contribution in [0.1, 0.15) is 29.8 Å². The first kappa shape index (κ1) is 17.7. The van der Waals surface area contributed by atoms with E-state index in [-0.39, 0.29) is 11.9 Å². The number of carbonyl (C=O) groups is 1. The molecule has 0 aliphatic carbocycles. The Labute approximate surface area is 153 Å². The Balaban J connectivity index is 1.83. The highest BCUT2D eigenvalue weighted by molar-refractivity contribution is 5.96. The van der Waals surface area contributed by atoms with E-state index in [0.29, 0.717) is 23.4 Å². The second-order valence-electron chi connectivity index (χ2n) is 6.26. The lowest BCUT2D eigenvalue weighted by Crippen LogP contribution is -2.28. The molecule has 4 nitrogen and oxygen atoms in total. The molecule has 4 heteroatoms. The maximum atomic E-state index is 12.9. The Bertz CT molecular complexity index is 943. The molecule has 26 heavy (non-hydrogen) atoms. The van der Waals surface area contributed by atoms with Crippen molar-refractivity contribution < 1.29 is 9.53 Å². The number of ether oxygens (including phenoxy) is 1. The molecular formula is C22H22N2O2. The van der Waals surface area contributed by atoms with E-state index in [9.17, 15) is 4.79 Å². The van der Waals surface area contributed by atoms with Crippen LogP contribution in [0, 0.1) is 0 Å². The van der Waals surface area contributed by atoms with Gasteiger partial charge in [-0.05, 0) is 49.7 Å². The second-order valence-corrected chi connectivity index (χ2v) is 6.26. The molecule has 0 aliphatic heterocycles. The standard InChI is InChI=1S/C22H22N2O2/c1-17(2)23-21-13-6-7-14-24(21)22(25)19-11-8-12-20(15-19)26-16-18-9-4-3-5-10-18/h3-15,17H,16H2,1-2H3. The fraction of sp³-hybridized carbons (Fsp3) is 0.182. The Morgan fingerprint density at radius 2 is 1.77 bits per heavy atom.